The number of rotatable bonds is 1. The van der Waals surface area contributed by atoms with Gasteiger partial charge in [-0.05, 0) is 31.5 Å². The molecule has 0 fully saturated rings. The van der Waals surface area contributed by atoms with E-state index in [-0.39, 0.29) is 6.10 Å². The zero-order valence-corrected chi connectivity index (χ0v) is 9.60. The first-order valence-corrected chi connectivity index (χ1v) is 5.34. The van der Waals surface area contributed by atoms with Gasteiger partial charge in [-0.1, -0.05) is 12.1 Å². The van der Waals surface area contributed by atoms with Gasteiger partial charge in [-0.25, -0.2) is 0 Å². The maximum Gasteiger partial charge on any atom is 0.124 e. The molecule has 1 aromatic carbocycles. The molecule has 1 aromatic rings. The number of ether oxygens (including phenoxy) is 1. The SMILES string of the molecule is CC1OCC(C)(c2cccc(N)c2)N=C1N. The predicted molar refractivity (Wildman–Crippen MR) is 65.2 cm³/mol. The fraction of sp³-hybridized carbons (Fsp3) is 0.417. The summed E-state index contributed by atoms with van der Waals surface area (Å²) in [6.07, 6.45) is -0.103. The molecule has 1 aliphatic rings. The van der Waals surface area contributed by atoms with Crippen LogP contribution in [-0.4, -0.2) is 18.5 Å². The third kappa shape index (κ3) is 1.88. The van der Waals surface area contributed by atoms with Crippen LogP contribution in [0.4, 0.5) is 5.69 Å². The first kappa shape index (κ1) is 11.0. The molecule has 0 spiro atoms. The van der Waals surface area contributed by atoms with E-state index in [1.54, 1.807) is 0 Å². The van der Waals surface area contributed by atoms with Crippen LogP contribution in [0.25, 0.3) is 0 Å². The number of hydrogen-bond acceptors (Lipinski definition) is 4. The highest BCUT2D eigenvalue weighted by atomic mass is 16.5. The second kappa shape index (κ2) is 3.79. The van der Waals surface area contributed by atoms with Crippen molar-refractivity contribution in [1.29, 1.82) is 0 Å². The summed E-state index contributed by atoms with van der Waals surface area (Å²) < 4.78 is 5.60. The molecule has 16 heavy (non-hydrogen) atoms. The van der Waals surface area contributed by atoms with Crippen LogP contribution in [0.15, 0.2) is 29.3 Å². The average molecular weight is 219 g/mol. The predicted octanol–water partition coefficient (Wildman–Crippen LogP) is 1.26. The maximum absolute atomic E-state index is 5.82. The van der Waals surface area contributed by atoms with E-state index in [9.17, 15) is 0 Å². The fourth-order valence-electron chi connectivity index (χ4n) is 1.80. The molecule has 86 valence electrons. The first-order valence-electron chi connectivity index (χ1n) is 5.34. The number of nitrogens with two attached hydrogens (primary N) is 2. The standard InChI is InChI=1S/C12H17N3O/c1-8-11(14)15-12(2,7-16-8)9-4-3-5-10(13)6-9/h3-6,8H,7,13H2,1-2H3,(H2,14,15). The van der Waals surface area contributed by atoms with E-state index in [0.717, 1.165) is 11.3 Å². The van der Waals surface area contributed by atoms with Crippen molar-refractivity contribution in [3.8, 4) is 0 Å². The summed E-state index contributed by atoms with van der Waals surface area (Å²) in [5, 5.41) is 0. The quantitative estimate of drug-likeness (QED) is 0.698. The number of nitrogen functional groups attached to an aromatic ring is 1. The molecule has 0 bridgehead atoms. The van der Waals surface area contributed by atoms with Crippen LogP contribution in [0.5, 0.6) is 0 Å². The van der Waals surface area contributed by atoms with Gasteiger partial charge in [0.15, 0.2) is 0 Å². The monoisotopic (exact) mass is 219 g/mol. The second-order valence-electron chi connectivity index (χ2n) is 4.39. The maximum atomic E-state index is 5.82. The molecular formula is C12H17N3O. The van der Waals surface area contributed by atoms with E-state index >= 15 is 0 Å². The molecule has 0 saturated carbocycles. The Hall–Kier alpha value is -1.55. The number of hydrogen-bond donors (Lipinski definition) is 2. The van der Waals surface area contributed by atoms with Crippen molar-refractivity contribution in [3.63, 3.8) is 0 Å². The lowest BCUT2D eigenvalue weighted by molar-refractivity contribution is 0.0549. The van der Waals surface area contributed by atoms with E-state index in [4.69, 9.17) is 16.2 Å². The van der Waals surface area contributed by atoms with Crippen LogP contribution in [0.1, 0.15) is 19.4 Å². The normalized spacial score (nSPS) is 29.9. The number of nitrogens with zero attached hydrogens (tertiary/aromatic N) is 1. The van der Waals surface area contributed by atoms with Crippen molar-refractivity contribution in [2.45, 2.75) is 25.5 Å². The molecule has 0 aliphatic carbocycles. The van der Waals surface area contributed by atoms with Crippen LogP contribution in [0.3, 0.4) is 0 Å². The smallest absolute Gasteiger partial charge is 0.124 e. The molecule has 0 radical (unpaired) electrons. The molecule has 1 heterocycles. The molecular weight excluding hydrogens is 202 g/mol. The fourth-order valence-corrected chi connectivity index (χ4v) is 1.80. The number of benzene rings is 1. The molecule has 4 heteroatoms. The van der Waals surface area contributed by atoms with E-state index in [0.29, 0.717) is 12.4 Å². The zero-order valence-electron chi connectivity index (χ0n) is 9.60. The Morgan fingerprint density at radius 1 is 1.44 bits per heavy atom. The molecule has 0 amide bonds. The molecule has 0 saturated heterocycles. The van der Waals surface area contributed by atoms with Crippen molar-refractivity contribution in [2.75, 3.05) is 12.3 Å². The van der Waals surface area contributed by atoms with E-state index in [2.05, 4.69) is 4.99 Å². The lowest BCUT2D eigenvalue weighted by Gasteiger charge is -2.33. The summed E-state index contributed by atoms with van der Waals surface area (Å²) in [5.74, 6) is 0.538. The largest absolute Gasteiger partial charge is 0.399 e. The van der Waals surface area contributed by atoms with Crippen molar-refractivity contribution >= 4 is 11.5 Å². The minimum atomic E-state index is -0.425. The highest BCUT2D eigenvalue weighted by Crippen LogP contribution is 2.30. The zero-order chi connectivity index (χ0) is 11.8. The van der Waals surface area contributed by atoms with Crippen molar-refractivity contribution in [2.24, 2.45) is 10.7 Å². The molecule has 4 N–H and O–H groups in total. The third-order valence-electron chi connectivity index (χ3n) is 2.92. The second-order valence-corrected chi connectivity index (χ2v) is 4.39. The number of aliphatic imine (C=N–C) groups is 1. The lowest BCUT2D eigenvalue weighted by Crippen LogP contribution is -2.42. The van der Waals surface area contributed by atoms with Gasteiger partial charge in [0.2, 0.25) is 0 Å². The highest BCUT2D eigenvalue weighted by Gasteiger charge is 2.32. The minimum absolute atomic E-state index is 0.103. The van der Waals surface area contributed by atoms with Gasteiger partial charge in [-0.15, -0.1) is 0 Å². The van der Waals surface area contributed by atoms with Gasteiger partial charge in [-0.2, -0.15) is 0 Å². The molecule has 2 atom stereocenters. The number of amidine groups is 1. The molecule has 2 rings (SSSR count). The lowest BCUT2D eigenvalue weighted by atomic mass is 9.92. The summed E-state index contributed by atoms with van der Waals surface area (Å²) in [5.41, 5.74) is 12.9. The van der Waals surface area contributed by atoms with Crippen LogP contribution in [-0.2, 0) is 10.3 Å². The number of anilines is 1. The van der Waals surface area contributed by atoms with Crippen LogP contribution < -0.4 is 11.5 Å². The molecule has 1 aliphatic heterocycles. The summed E-state index contributed by atoms with van der Waals surface area (Å²) in [6.45, 7) is 4.43. The molecule has 2 unspecified atom stereocenters. The third-order valence-corrected chi connectivity index (χ3v) is 2.92. The van der Waals surface area contributed by atoms with Gasteiger partial charge in [0, 0.05) is 5.69 Å². The Morgan fingerprint density at radius 2 is 2.19 bits per heavy atom. The van der Waals surface area contributed by atoms with Gasteiger partial charge >= 0.3 is 0 Å². The Bertz CT molecular complexity index is 430. The Labute approximate surface area is 95.3 Å². The van der Waals surface area contributed by atoms with Gasteiger partial charge in [-0.3, -0.25) is 4.99 Å². The van der Waals surface area contributed by atoms with Crippen molar-refractivity contribution < 1.29 is 4.74 Å². The summed E-state index contributed by atoms with van der Waals surface area (Å²) in [7, 11) is 0. The van der Waals surface area contributed by atoms with Crippen LogP contribution in [0.2, 0.25) is 0 Å². The summed E-state index contributed by atoms with van der Waals surface area (Å²) in [6, 6.07) is 7.68. The van der Waals surface area contributed by atoms with Gasteiger partial charge in [0.1, 0.15) is 17.5 Å². The van der Waals surface area contributed by atoms with E-state index in [1.807, 2.05) is 38.1 Å². The van der Waals surface area contributed by atoms with Crippen molar-refractivity contribution in [3.05, 3.63) is 29.8 Å². The minimum Gasteiger partial charge on any atom is -0.399 e. The summed E-state index contributed by atoms with van der Waals surface area (Å²) in [4.78, 5) is 4.52. The molecule has 4 nitrogen and oxygen atoms in total. The Morgan fingerprint density at radius 3 is 2.81 bits per heavy atom. The van der Waals surface area contributed by atoms with Crippen LogP contribution in [0, 0.1) is 0 Å². The average Bonchev–Trinajstić information content (AvgIpc) is 2.24. The van der Waals surface area contributed by atoms with Gasteiger partial charge in [0.25, 0.3) is 0 Å². The highest BCUT2D eigenvalue weighted by molar-refractivity contribution is 5.85. The van der Waals surface area contributed by atoms with Gasteiger partial charge in [0.05, 0.1) is 6.61 Å². The van der Waals surface area contributed by atoms with E-state index in [1.165, 1.54) is 0 Å². The Balaban J connectivity index is 2.40. The topological polar surface area (TPSA) is 73.6 Å². The summed E-state index contributed by atoms with van der Waals surface area (Å²) >= 11 is 0. The van der Waals surface area contributed by atoms with E-state index < -0.39 is 5.54 Å². The Kier molecular flexibility index (Phi) is 2.59. The first-order chi connectivity index (χ1) is 7.51. The van der Waals surface area contributed by atoms with Crippen molar-refractivity contribution in [1.82, 2.24) is 0 Å². The van der Waals surface area contributed by atoms with Gasteiger partial charge < -0.3 is 16.2 Å². The molecule has 0 aromatic heterocycles. The van der Waals surface area contributed by atoms with Crippen LogP contribution >= 0.6 is 0 Å².